The molecule has 19 heavy (non-hydrogen) atoms. The van der Waals surface area contributed by atoms with Crippen molar-refractivity contribution in [3.8, 4) is 11.6 Å². The van der Waals surface area contributed by atoms with E-state index in [1.165, 1.54) is 12.1 Å². The van der Waals surface area contributed by atoms with Gasteiger partial charge in [-0.05, 0) is 18.2 Å². The third-order valence-electron chi connectivity index (χ3n) is 2.27. The van der Waals surface area contributed by atoms with Crippen LogP contribution in [0.15, 0.2) is 36.5 Å². The number of anilines is 1. The summed E-state index contributed by atoms with van der Waals surface area (Å²) in [6.45, 7) is 0. The Hall–Kier alpha value is -2.31. The molecular formula is C12H8F4N2O. The number of hydrogen-bond acceptors (Lipinski definition) is 3. The van der Waals surface area contributed by atoms with Crippen LogP contribution in [-0.2, 0) is 6.18 Å². The largest absolute Gasteiger partial charge is 0.434 e. The molecule has 0 unspecified atom stereocenters. The second kappa shape index (κ2) is 4.75. The van der Waals surface area contributed by atoms with Crippen molar-refractivity contribution in [3.05, 3.63) is 47.9 Å². The maximum atomic E-state index is 13.4. The highest BCUT2D eigenvalue weighted by molar-refractivity contribution is 5.54. The molecule has 7 heteroatoms. The Bertz CT molecular complexity index is 578. The summed E-state index contributed by atoms with van der Waals surface area (Å²) in [4.78, 5) is 3.59. The van der Waals surface area contributed by atoms with E-state index in [-0.39, 0.29) is 17.3 Å². The number of halogens is 4. The van der Waals surface area contributed by atoms with Gasteiger partial charge < -0.3 is 10.5 Å². The number of hydrogen-bond donors (Lipinski definition) is 1. The monoisotopic (exact) mass is 272 g/mol. The predicted molar refractivity (Wildman–Crippen MR) is 60.1 cm³/mol. The number of nitrogen functional groups attached to an aromatic ring is 1. The molecule has 0 aliphatic heterocycles. The predicted octanol–water partition coefficient (Wildman–Crippen LogP) is 3.61. The van der Waals surface area contributed by atoms with Crippen LogP contribution in [0.1, 0.15) is 5.56 Å². The molecule has 0 amide bonds. The first kappa shape index (κ1) is 13.1. The van der Waals surface area contributed by atoms with Crippen molar-refractivity contribution in [3.63, 3.8) is 0 Å². The Labute approximate surface area is 105 Å². The second-order valence-corrected chi connectivity index (χ2v) is 3.64. The van der Waals surface area contributed by atoms with Crippen molar-refractivity contribution in [2.45, 2.75) is 6.18 Å². The molecule has 2 aromatic rings. The molecule has 0 aliphatic carbocycles. The van der Waals surface area contributed by atoms with E-state index in [9.17, 15) is 17.6 Å². The van der Waals surface area contributed by atoms with E-state index >= 15 is 0 Å². The Morgan fingerprint density at radius 2 is 1.89 bits per heavy atom. The maximum Gasteiger partial charge on any atom is 0.416 e. The highest BCUT2D eigenvalue weighted by Gasteiger charge is 2.31. The maximum absolute atomic E-state index is 13.4. The van der Waals surface area contributed by atoms with Gasteiger partial charge in [0, 0.05) is 12.3 Å². The van der Waals surface area contributed by atoms with Gasteiger partial charge in [-0.1, -0.05) is 6.07 Å². The SMILES string of the molecule is Nc1cccc(F)c1Oc1cc(C(F)(F)F)ccn1. The van der Waals surface area contributed by atoms with Crippen molar-refractivity contribution in [1.82, 2.24) is 4.98 Å². The first-order valence-corrected chi connectivity index (χ1v) is 5.13. The van der Waals surface area contributed by atoms with E-state index in [0.717, 1.165) is 18.3 Å². The number of para-hydroxylation sites is 1. The zero-order chi connectivity index (χ0) is 14.0. The van der Waals surface area contributed by atoms with Crippen LogP contribution in [0.4, 0.5) is 23.2 Å². The molecule has 0 atom stereocenters. The summed E-state index contributed by atoms with van der Waals surface area (Å²) < 4.78 is 55.8. The van der Waals surface area contributed by atoms with Gasteiger partial charge in [0.1, 0.15) is 0 Å². The van der Waals surface area contributed by atoms with Crippen LogP contribution < -0.4 is 10.5 Å². The number of aromatic nitrogens is 1. The van der Waals surface area contributed by atoms with E-state index in [0.29, 0.717) is 6.07 Å². The fraction of sp³-hybridized carbons (Fsp3) is 0.0833. The number of rotatable bonds is 2. The molecule has 0 saturated carbocycles. The minimum atomic E-state index is -4.53. The lowest BCUT2D eigenvalue weighted by molar-refractivity contribution is -0.137. The van der Waals surface area contributed by atoms with Gasteiger partial charge in [-0.2, -0.15) is 13.2 Å². The number of alkyl halides is 3. The van der Waals surface area contributed by atoms with Gasteiger partial charge >= 0.3 is 6.18 Å². The van der Waals surface area contributed by atoms with Crippen molar-refractivity contribution in [2.75, 3.05) is 5.73 Å². The molecular weight excluding hydrogens is 264 g/mol. The summed E-state index contributed by atoms with van der Waals surface area (Å²) in [5.41, 5.74) is 4.51. The molecule has 0 fully saturated rings. The normalized spacial score (nSPS) is 11.4. The van der Waals surface area contributed by atoms with Gasteiger partial charge in [0.15, 0.2) is 11.6 Å². The lowest BCUT2D eigenvalue weighted by Crippen LogP contribution is -2.05. The molecule has 0 aliphatic rings. The van der Waals surface area contributed by atoms with Crippen LogP contribution in [0.2, 0.25) is 0 Å². The fourth-order valence-electron chi connectivity index (χ4n) is 1.38. The Balaban J connectivity index is 2.34. The van der Waals surface area contributed by atoms with Crippen molar-refractivity contribution in [2.24, 2.45) is 0 Å². The third-order valence-corrected chi connectivity index (χ3v) is 2.27. The minimum absolute atomic E-state index is 0.0285. The Morgan fingerprint density at radius 1 is 1.16 bits per heavy atom. The number of ether oxygens (including phenoxy) is 1. The summed E-state index contributed by atoms with van der Waals surface area (Å²) in [6, 6.07) is 5.27. The quantitative estimate of drug-likeness (QED) is 0.671. The zero-order valence-corrected chi connectivity index (χ0v) is 9.41. The lowest BCUT2D eigenvalue weighted by atomic mass is 10.2. The van der Waals surface area contributed by atoms with E-state index in [1.54, 1.807) is 0 Å². The van der Waals surface area contributed by atoms with Crippen LogP contribution in [0, 0.1) is 5.82 Å². The Morgan fingerprint density at radius 3 is 2.53 bits per heavy atom. The third kappa shape index (κ3) is 2.93. The number of nitrogens with two attached hydrogens (primary N) is 1. The molecule has 0 radical (unpaired) electrons. The summed E-state index contributed by atoms with van der Waals surface area (Å²) in [7, 11) is 0. The van der Waals surface area contributed by atoms with Crippen LogP contribution in [0.25, 0.3) is 0 Å². The molecule has 2 N–H and O–H groups in total. The number of benzene rings is 1. The van der Waals surface area contributed by atoms with Crippen LogP contribution in [0.5, 0.6) is 11.6 Å². The first-order valence-electron chi connectivity index (χ1n) is 5.13. The topological polar surface area (TPSA) is 48.1 Å². The molecule has 0 bridgehead atoms. The van der Waals surface area contributed by atoms with Crippen LogP contribution in [0.3, 0.4) is 0 Å². The highest BCUT2D eigenvalue weighted by atomic mass is 19.4. The van der Waals surface area contributed by atoms with Gasteiger partial charge in [0.2, 0.25) is 5.88 Å². The van der Waals surface area contributed by atoms with Crippen molar-refractivity contribution in [1.29, 1.82) is 0 Å². The molecule has 0 saturated heterocycles. The number of pyridine rings is 1. The number of nitrogens with zero attached hydrogens (tertiary/aromatic N) is 1. The van der Waals surface area contributed by atoms with Crippen LogP contribution in [-0.4, -0.2) is 4.98 Å². The molecule has 1 aromatic carbocycles. The van der Waals surface area contributed by atoms with E-state index in [2.05, 4.69) is 4.98 Å². The highest BCUT2D eigenvalue weighted by Crippen LogP contribution is 2.33. The van der Waals surface area contributed by atoms with Gasteiger partial charge in [-0.3, -0.25) is 0 Å². The zero-order valence-electron chi connectivity index (χ0n) is 9.41. The van der Waals surface area contributed by atoms with E-state index in [4.69, 9.17) is 10.5 Å². The van der Waals surface area contributed by atoms with Gasteiger partial charge in [0.25, 0.3) is 0 Å². The lowest BCUT2D eigenvalue weighted by Gasteiger charge is -2.10. The molecule has 3 nitrogen and oxygen atoms in total. The smallest absolute Gasteiger partial charge is 0.416 e. The summed E-state index contributed by atoms with van der Waals surface area (Å²) in [5, 5.41) is 0. The first-order chi connectivity index (χ1) is 8.88. The Kier molecular flexibility index (Phi) is 3.28. The van der Waals surface area contributed by atoms with E-state index < -0.39 is 17.6 Å². The average molecular weight is 272 g/mol. The van der Waals surface area contributed by atoms with Crippen molar-refractivity contribution >= 4 is 5.69 Å². The molecule has 1 heterocycles. The van der Waals surface area contributed by atoms with Crippen molar-refractivity contribution < 1.29 is 22.3 Å². The average Bonchev–Trinajstić information content (AvgIpc) is 2.33. The minimum Gasteiger partial charge on any atom is -0.434 e. The van der Waals surface area contributed by atoms with Gasteiger partial charge in [-0.15, -0.1) is 0 Å². The standard InChI is InChI=1S/C12H8F4N2O/c13-8-2-1-3-9(17)11(8)19-10-6-7(4-5-18-10)12(14,15)16/h1-6H,17H2. The molecule has 100 valence electrons. The summed E-state index contributed by atoms with van der Waals surface area (Å²) >= 11 is 0. The fourth-order valence-corrected chi connectivity index (χ4v) is 1.38. The van der Waals surface area contributed by atoms with Gasteiger partial charge in [0.05, 0.1) is 11.3 Å². The molecule has 1 aromatic heterocycles. The van der Waals surface area contributed by atoms with Crippen LogP contribution >= 0.6 is 0 Å². The van der Waals surface area contributed by atoms with Gasteiger partial charge in [-0.25, -0.2) is 9.37 Å². The molecule has 0 spiro atoms. The van der Waals surface area contributed by atoms with E-state index in [1.807, 2.05) is 0 Å². The summed E-state index contributed by atoms with van der Waals surface area (Å²) in [5.74, 6) is -1.51. The second-order valence-electron chi connectivity index (χ2n) is 3.64. The molecule has 2 rings (SSSR count). The summed E-state index contributed by atoms with van der Waals surface area (Å²) in [6.07, 6.45) is -3.60.